The summed E-state index contributed by atoms with van der Waals surface area (Å²) in [6.07, 6.45) is 0. The van der Waals surface area contributed by atoms with Gasteiger partial charge in [-0.15, -0.1) is 0 Å². The van der Waals surface area contributed by atoms with Crippen molar-refractivity contribution >= 4 is 11.6 Å². The van der Waals surface area contributed by atoms with E-state index in [4.69, 9.17) is 11.6 Å². The summed E-state index contributed by atoms with van der Waals surface area (Å²) in [6, 6.07) is 14.8. The molecule has 2 atom stereocenters. The van der Waals surface area contributed by atoms with Gasteiger partial charge >= 0.3 is 0 Å². The Balaban J connectivity index is 2.46. The predicted molar refractivity (Wildman–Crippen MR) is 77.9 cm³/mol. The van der Waals surface area contributed by atoms with E-state index in [-0.39, 0.29) is 17.0 Å². The molecule has 0 aromatic heterocycles. The maximum atomic E-state index is 13.3. The second kappa shape index (κ2) is 6.18. The fraction of sp³-hybridized carbons (Fsp3) is 0.188. The molecule has 0 aliphatic carbocycles. The maximum absolute atomic E-state index is 13.3. The van der Waals surface area contributed by atoms with E-state index in [2.05, 4.69) is 12.2 Å². The van der Waals surface area contributed by atoms with Crippen LogP contribution in [0.25, 0.3) is 0 Å². The normalized spacial score (nSPS) is 14.1. The Morgan fingerprint density at radius 1 is 1.11 bits per heavy atom. The second-order valence-corrected chi connectivity index (χ2v) is 4.86. The van der Waals surface area contributed by atoms with E-state index in [1.807, 2.05) is 37.4 Å². The molecule has 2 aromatic carbocycles. The molecule has 0 bridgehead atoms. The molecule has 1 nitrogen and oxygen atoms in total. The minimum atomic E-state index is -0.401. The number of rotatable bonds is 4. The predicted octanol–water partition coefficient (Wildman–Crippen LogP) is 4.03. The third kappa shape index (κ3) is 3.14. The molecule has 0 heterocycles. The summed E-state index contributed by atoms with van der Waals surface area (Å²) in [5.74, 6) is -0.369. The van der Waals surface area contributed by atoms with Crippen molar-refractivity contribution in [1.82, 2.24) is 5.32 Å². The van der Waals surface area contributed by atoms with Crippen LogP contribution in [0.1, 0.15) is 17.0 Å². The molecular weight excluding hydrogens is 261 g/mol. The Labute approximate surface area is 118 Å². The van der Waals surface area contributed by atoms with Gasteiger partial charge in [-0.1, -0.05) is 48.0 Å². The van der Waals surface area contributed by atoms with Crippen LogP contribution in [0.4, 0.5) is 4.39 Å². The molecule has 0 fully saturated rings. The van der Waals surface area contributed by atoms with Gasteiger partial charge in [-0.05, 0) is 37.2 Å². The lowest BCUT2D eigenvalue weighted by Gasteiger charge is -2.25. The van der Waals surface area contributed by atoms with Gasteiger partial charge in [-0.3, -0.25) is 0 Å². The number of nitrogens with one attached hydrogen (secondary N) is 1. The summed E-state index contributed by atoms with van der Waals surface area (Å²) >= 11 is 5.88. The highest BCUT2D eigenvalue weighted by Crippen LogP contribution is 2.30. The molecule has 0 aliphatic heterocycles. The van der Waals surface area contributed by atoms with Gasteiger partial charge in [0.2, 0.25) is 0 Å². The molecule has 1 radical (unpaired) electrons. The van der Waals surface area contributed by atoms with E-state index in [1.54, 1.807) is 12.1 Å². The molecular formula is C16H16ClFN. The lowest BCUT2D eigenvalue weighted by Crippen LogP contribution is -2.30. The van der Waals surface area contributed by atoms with Gasteiger partial charge in [0, 0.05) is 12.0 Å². The van der Waals surface area contributed by atoms with E-state index in [0.29, 0.717) is 0 Å². The molecule has 99 valence electrons. The van der Waals surface area contributed by atoms with E-state index in [9.17, 15) is 4.39 Å². The molecule has 0 saturated carbocycles. The Morgan fingerprint density at radius 2 is 1.79 bits per heavy atom. The number of halogens is 2. The topological polar surface area (TPSA) is 12.0 Å². The molecule has 2 rings (SSSR count). The zero-order valence-electron chi connectivity index (χ0n) is 10.7. The van der Waals surface area contributed by atoms with Crippen LogP contribution >= 0.6 is 11.6 Å². The third-order valence-corrected chi connectivity index (χ3v) is 3.52. The van der Waals surface area contributed by atoms with Crippen molar-refractivity contribution in [1.29, 1.82) is 0 Å². The highest BCUT2D eigenvalue weighted by Gasteiger charge is 2.20. The molecule has 2 unspecified atom stereocenters. The van der Waals surface area contributed by atoms with Crippen molar-refractivity contribution in [3.05, 3.63) is 77.4 Å². The van der Waals surface area contributed by atoms with Crippen molar-refractivity contribution in [3.8, 4) is 0 Å². The monoisotopic (exact) mass is 276 g/mol. The number of benzene rings is 2. The van der Waals surface area contributed by atoms with Crippen molar-refractivity contribution in [2.45, 2.75) is 12.0 Å². The fourth-order valence-corrected chi connectivity index (χ4v) is 2.38. The largest absolute Gasteiger partial charge is 0.316 e. The minimum Gasteiger partial charge on any atom is -0.316 e. The molecule has 19 heavy (non-hydrogen) atoms. The van der Waals surface area contributed by atoms with E-state index in [0.717, 1.165) is 11.1 Å². The van der Waals surface area contributed by atoms with E-state index < -0.39 is 5.82 Å². The van der Waals surface area contributed by atoms with Crippen molar-refractivity contribution in [2.24, 2.45) is 0 Å². The maximum Gasteiger partial charge on any atom is 0.141 e. The van der Waals surface area contributed by atoms with Crippen molar-refractivity contribution < 1.29 is 4.39 Å². The van der Waals surface area contributed by atoms with Gasteiger partial charge in [-0.25, -0.2) is 4.39 Å². The lowest BCUT2D eigenvalue weighted by atomic mass is 9.86. The SMILES string of the molecule is [CH2]C(NC)C(c1ccccc1)c1ccc(F)c(Cl)c1. The smallest absolute Gasteiger partial charge is 0.141 e. The quantitative estimate of drug-likeness (QED) is 0.889. The number of hydrogen-bond acceptors (Lipinski definition) is 1. The first-order valence-electron chi connectivity index (χ1n) is 6.13. The molecule has 1 N–H and O–H groups in total. The van der Waals surface area contributed by atoms with Crippen LogP contribution in [0.2, 0.25) is 5.02 Å². The molecule has 3 heteroatoms. The highest BCUT2D eigenvalue weighted by molar-refractivity contribution is 6.30. The molecule has 2 aromatic rings. The highest BCUT2D eigenvalue weighted by atomic mass is 35.5. The molecule has 0 spiro atoms. The first-order chi connectivity index (χ1) is 9.13. The van der Waals surface area contributed by atoms with Gasteiger partial charge in [0.15, 0.2) is 0 Å². The van der Waals surface area contributed by atoms with Gasteiger partial charge in [0.1, 0.15) is 5.82 Å². The summed E-state index contributed by atoms with van der Waals surface area (Å²) in [4.78, 5) is 0. The zero-order valence-corrected chi connectivity index (χ0v) is 11.5. The summed E-state index contributed by atoms with van der Waals surface area (Å²) in [7, 11) is 1.86. The van der Waals surface area contributed by atoms with Crippen LogP contribution in [0.3, 0.4) is 0 Å². The van der Waals surface area contributed by atoms with Crippen LogP contribution < -0.4 is 5.32 Å². The van der Waals surface area contributed by atoms with Crippen LogP contribution in [0, 0.1) is 12.7 Å². The molecule has 0 saturated heterocycles. The van der Waals surface area contributed by atoms with Gasteiger partial charge < -0.3 is 5.32 Å². The summed E-state index contributed by atoms with van der Waals surface area (Å²) in [6.45, 7) is 4.11. The Morgan fingerprint density at radius 3 is 2.37 bits per heavy atom. The lowest BCUT2D eigenvalue weighted by molar-refractivity contribution is 0.588. The summed E-state index contributed by atoms with van der Waals surface area (Å²) in [5.41, 5.74) is 2.08. The average molecular weight is 277 g/mol. The van der Waals surface area contributed by atoms with Crippen LogP contribution in [0.5, 0.6) is 0 Å². The Hall–Kier alpha value is -1.38. The first kappa shape index (κ1) is 14.0. The molecule has 0 aliphatic rings. The standard InChI is InChI=1S/C16H16ClFN/c1-11(19-2)16(12-6-4-3-5-7-12)13-8-9-15(18)14(17)10-13/h3-11,16,19H,1H2,2H3. The zero-order chi connectivity index (χ0) is 13.8. The van der Waals surface area contributed by atoms with Crippen molar-refractivity contribution in [3.63, 3.8) is 0 Å². The fourth-order valence-electron chi connectivity index (χ4n) is 2.19. The van der Waals surface area contributed by atoms with Crippen LogP contribution in [0.15, 0.2) is 48.5 Å². The van der Waals surface area contributed by atoms with Crippen molar-refractivity contribution in [2.75, 3.05) is 7.05 Å². The van der Waals surface area contributed by atoms with Gasteiger partial charge in [0.05, 0.1) is 5.02 Å². The number of likely N-dealkylation sites (N-methyl/N-ethyl adjacent to an activating group) is 1. The van der Waals surface area contributed by atoms with Gasteiger partial charge in [0.25, 0.3) is 0 Å². The number of hydrogen-bond donors (Lipinski definition) is 1. The average Bonchev–Trinajstić information content (AvgIpc) is 2.44. The van der Waals surface area contributed by atoms with E-state index >= 15 is 0 Å². The summed E-state index contributed by atoms with van der Waals surface area (Å²) < 4.78 is 13.3. The molecule has 0 amide bonds. The summed E-state index contributed by atoms with van der Waals surface area (Å²) in [5, 5.41) is 3.29. The Bertz CT molecular complexity index is 542. The third-order valence-electron chi connectivity index (χ3n) is 3.23. The minimum absolute atomic E-state index is 0.0241. The van der Waals surface area contributed by atoms with Gasteiger partial charge in [-0.2, -0.15) is 0 Å². The first-order valence-corrected chi connectivity index (χ1v) is 6.51. The van der Waals surface area contributed by atoms with Crippen LogP contribution in [-0.2, 0) is 0 Å². The van der Waals surface area contributed by atoms with Crippen LogP contribution in [-0.4, -0.2) is 13.1 Å². The second-order valence-electron chi connectivity index (χ2n) is 4.46. The Kier molecular flexibility index (Phi) is 4.56. The van der Waals surface area contributed by atoms with E-state index in [1.165, 1.54) is 6.07 Å².